The highest BCUT2D eigenvalue weighted by molar-refractivity contribution is 5.75. The lowest BCUT2D eigenvalue weighted by atomic mass is 10.1. The zero-order chi connectivity index (χ0) is 17.0. The average molecular weight is 323 g/mol. The first kappa shape index (κ1) is 22.4. The number of Topliss-reactive ketones (excluding diaryl/α,β-unsaturated/α-hetero) is 1. The van der Waals surface area contributed by atoms with Gasteiger partial charge in [0.15, 0.2) is 0 Å². The molecule has 0 aliphatic heterocycles. The van der Waals surface area contributed by atoms with E-state index in [2.05, 4.69) is 19.1 Å². The van der Waals surface area contributed by atoms with E-state index in [1.807, 2.05) is 0 Å². The fourth-order valence-corrected chi connectivity index (χ4v) is 2.98. The number of hydrogen-bond donors (Lipinski definition) is 0. The van der Waals surface area contributed by atoms with Crippen LogP contribution in [0.4, 0.5) is 0 Å². The first-order chi connectivity index (χ1) is 11.3. The molecule has 0 saturated carbocycles. The fourth-order valence-electron chi connectivity index (χ4n) is 2.98. The number of rotatable bonds is 18. The van der Waals surface area contributed by atoms with Crippen LogP contribution < -0.4 is 0 Å². The molecular weight excluding hydrogens is 280 g/mol. The second kappa shape index (κ2) is 19.5. The molecule has 0 unspecified atom stereocenters. The summed E-state index contributed by atoms with van der Waals surface area (Å²) < 4.78 is 0. The molecule has 0 radical (unpaired) electrons. The van der Waals surface area contributed by atoms with E-state index in [0.717, 1.165) is 12.8 Å². The van der Waals surface area contributed by atoms with Crippen LogP contribution in [0.5, 0.6) is 0 Å². The van der Waals surface area contributed by atoms with Crippen molar-refractivity contribution in [2.24, 2.45) is 0 Å². The number of unbranched alkanes of at least 4 members (excludes halogenated alkanes) is 14. The van der Waals surface area contributed by atoms with Crippen molar-refractivity contribution < 1.29 is 4.79 Å². The van der Waals surface area contributed by atoms with Crippen molar-refractivity contribution in [2.45, 2.75) is 123 Å². The Morgan fingerprint density at radius 2 is 1.00 bits per heavy atom. The molecule has 0 fully saturated rings. The highest BCUT2D eigenvalue weighted by atomic mass is 16.1. The van der Waals surface area contributed by atoms with Crippen LogP contribution in [0.1, 0.15) is 123 Å². The topological polar surface area (TPSA) is 17.1 Å². The molecule has 1 heteroatoms. The second-order valence-corrected chi connectivity index (χ2v) is 7.10. The predicted octanol–water partition coefficient (Wildman–Crippen LogP) is 7.78. The van der Waals surface area contributed by atoms with E-state index in [0.29, 0.717) is 5.78 Å². The highest BCUT2D eigenvalue weighted by Crippen LogP contribution is 2.11. The van der Waals surface area contributed by atoms with Gasteiger partial charge in [-0.3, -0.25) is 0 Å². The van der Waals surface area contributed by atoms with Gasteiger partial charge in [0, 0.05) is 6.42 Å². The molecule has 0 aromatic carbocycles. The number of carbonyl (C=O) groups excluding carboxylic acids is 1. The third kappa shape index (κ3) is 21.4. The van der Waals surface area contributed by atoms with Crippen molar-refractivity contribution in [3.05, 3.63) is 12.2 Å². The molecule has 0 aromatic heterocycles. The number of allylic oxidation sites excluding steroid dienone is 2. The summed E-state index contributed by atoms with van der Waals surface area (Å²) in [4.78, 5) is 10.8. The Hall–Kier alpha value is -0.590. The zero-order valence-electron chi connectivity index (χ0n) is 16.1. The Morgan fingerprint density at radius 3 is 1.43 bits per heavy atom. The highest BCUT2D eigenvalue weighted by Gasteiger charge is 1.94. The number of carbonyl (C=O) groups is 1. The van der Waals surface area contributed by atoms with Gasteiger partial charge in [-0.25, -0.2) is 0 Å². The zero-order valence-corrected chi connectivity index (χ0v) is 16.1. The molecule has 0 saturated heterocycles. The Balaban J connectivity index is 3.06. The molecule has 0 aliphatic carbocycles. The van der Waals surface area contributed by atoms with Crippen LogP contribution in [0.15, 0.2) is 12.2 Å². The largest absolute Gasteiger partial charge is 0.300 e. The van der Waals surface area contributed by atoms with Crippen molar-refractivity contribution in [3.8, 4) is 0 Å². The molecule has 0 aromatic rings. The minimum Gasteiger partial charge on any atom is -0.300 e. The van der Waals surface area contributed by atoms with Gasteiger partial charge in [0.05, 0.1) is 0 Å². The molecule has 0 amide bonds. The Labute approximate surface area is 146 Å². The van der Waals surface area contributed by atoms with E-state index in [-0.39, 0.29) is 0 Å². The van der Waals surface area contributed by atoms with Gasteiger partial charge in [-0.15, -0.1) is 0 Å². The molecular formula is C22H42O. The summed E-state index contributed by atoms with van der Waals surface area (Å²) in [5, 5.41) is 0. The summed E-state index contributed by atoms with van der Waals surface area (Å²) >= 11 is 0. The summed E-state index contributed by atoms with van der Waals surface area (Å²) in [7, 11) is 0. The molecule has 0 atom stereocenters. The summed E-state index contributed by atoms with van der Waals surface area (Å²) in [5.41, 5.74) is 0. The predicted molar refractivity (Wildman–Crippen MR) is 104 cm³/mol. The lowest BCUT2D eigenvalue weighted by molar-refractivity contribution is -0.117. The van der Waals surface area contributed by atoms with Gasteiger partial charge in [-0.05, 0) is 39.0 Å². The lowest BCUT2D eigenvalue weighted by Crippen LogP contribution is -1.89. The molecule has 0 bridgehead atoms. The van der Waals surface area contributed by atoms with Gasteiger partial charge in [-0.2, -0.15) is 0 Å². The quantitative estimate of drug-likeness (QED) is 0.186. The van der Waals surface area contributed by atoms with E-state index in [1.165, 1.54) is 96.3 Å². The normalized spacial score (nSPS) is 11.4. The van der Waals surface area contributed by atoms with Gasteiger partial charge in [0.25, 0.3) is 0 Å². The summed E-state index contributed by atoms with van der Waals surface area (Å²) in [6.45, 7) is 3.97. The Morgan fingerprint density at radius 1 is 0.609 bits per heavy atom. The second-order valence-electron chi connectivity index (χ2n) is 7.10. The van der Waals surface area contributed by atoms with Crippen LogP contribution >= 0.6 is 0 Å². The van der Waals surface area contributed by atoms with Crippen molar-refractivity contribution in [1.82, 2.24) is 0 Å². The molecule has 136 valence electrons. The molecule has 0 N–H and O–H groups in total. The number of hydrogen-bond acceptors (Lipinski definition) is 1. The van der Waals surface area contributed by atoms with E-state index in [1.54, 1.807) is 6.92 Å². The Bertz CT molecular complexity index is 267. The smallest absolute Gasteiger partial charge is 0.129 e. The Kier molecular flexibility index (Phi) is 19.0. The van der Waals surface area contributed by atoms with Crippen LogP contribution in [0, 0.1) is 0 Å². The van der Waals surface area contributed by atoms with Crippen LogP contribution in [-0.2, 0) is 4.79 Å². The average Bonchev–Trinajstić information content (AvgIpc) is 2.53. The van der Waals surface area contributed by atoms with E-state index < -0.39 is 0 Å². The third-order valence-corrected chi connectivity index (χ3v) is 4.54. The van der Waals surface area contributed by atoms with Gasteiger partial charge >= 0.3 is 0 Å². The van der Waals surface area contributed by atoms with E-state index >= 15 is 0 Å². The molecule has 23 heavy (non-hydrogen) atoms. The van der Waals surface area contributed by atoms with Crippen LogP contribution in [0.3, 0.4) is 0 Å². The van der Waals surface area contributed by atoms with Crippen molar-refractivity contribution in [3.63, 3.8) is 0 Å². The summed E-state index contributed by atoms with van der Waals surface area (Å²) in [6, 6.07) is 0. The monoisotopic (exact) mass is 322 g/mol. The van der Waals surface area contributed by atoms with Crippen LogP contribution in [0.25, 0.3) is 0 Å². The summed E-state index contributed by atoms with van der Waals surface area (Å²) in [6.07, 6.45) is 27.0. The van der Waals surface area contributed by atoms with Crippen molar-refractivity contribution >= 4 is 5.78 Å². The molecule has 0 heterocycles. The minimum atomic E-state index is 0.342. The van der Waals surface area contributed by atoms with Gasteiger partial charge < -0.3 is 4.79 Å². The maximum atomic E-state index is 10.8. The van der Waals surface area contributed by atoms with Gasteiger partial charge in [0.1, 0.15) is 5.78 Å². The lowest BCUT2D eigenvalue weighted by Gasteiger charge is -2.01. The molecule has 1 nitrogen and oxygen atoms in total. The standard InChI is InChI=1S/C22H42O/c1-3-4-5-6-7-8-9-10-11-12-13-14-15-16-17-18-19-20-21-22(2)23/h10-11H,3-9,12-21H2,1-2H3. The minimum absolute atomic E-state index is 0.342. The first-order valence-electron chi connectivity index (χ1n) is 10.4. The van der Waals surface area contributed by atoms with Crippen LogP contribution in [0.2, 0.25) is 0 Å². The number of ketones is 1. The fraction of sp³-hybridized carbons (Fsp3) is 0.864. The van der Waals surface area contributed by atoms with E-state index in [9.17, 15) is 4.79 Å². The first-order valence-corrected chi connectivity index (χ1v) is 10.4. The van der Waals surface area contributed by atoms with E-state index in [4.69, 9.17) is 0 Å². The maximum Gasteiger partial charge on any atom is 0.129 e. The molecule has 0 aliphatic rings. The summed E-state index contributed by atoms with van der Waals surface area (Å²) in [5.74, 6) is 0.342. The van der Waals surface area contributed by atoms with Crippen molar-refractivity contribution in [1.29, 1.82) is 0 Å². The van der Waals surface area contributed by atoms with Gasteiger partial charge in [-0.1, -0.05) is 89.7 Å². The van der Waals surface area contributed by atoms with Crippen LogP contribution in [-0.4, -0.2) is 5.78 Å². The van der Waals surface area contributed by atoms with Crippen molar-refractivity contribution in [2.75, 3.05) is 0 Å². The van der Waals surface area contributed by atoms with Gasteiger partial charge in [0.2, 0.25) is 0 Å². The SMILES string of the molecule is CCCCCCCCC=CCCCCCCCCCCC(C)=O. The third-order valence-electron chi connectivity index (χ3n) is 4.54. The molecule has 0 spiro atoms. The molecule has 0 rings (SSSR count). The maximum absolute atomic E-state index is 10.8.